The first-order valence-electron chi connectivity index (χ1n) is 12.9. The van der Waals surface area contributed by atoms with E-state index in [2.05, 4.69) is 20.5 Å². The van der Waals surface area contributed by atoms with Gasteiger partial charge in [-0.25, -0.2) is 9.65 Å². The third kappa shape index (κ3) is 14.0. The number of methoxy groups -OCH3 is 1. The summed E-state index contributed by atoms with van der Waals surface area (Å²) < 4.78 is 34.1. The summed E-state index contributed by atoms with van der Waals surface area (Å²) in [6.45, 7) is 5.96. The molecule has 1 rings (SSSR count). The second-order valence-electron chi connectivity index (χ2n) is 11.0. The predicted molar refractivity (Wildman–Crippen MR) is 148 cm³/mol. The van der Waals surface area contributed by atoms with E-state index in [1.807, 2.05) is 21.1 Å². The highest BCUT2D eigenvalue weighted by atomic mass is 32.2. The minimum Gasteiger partial charge on any atom is -0.468 e. The van der Waals surface area contributed by atoms with Crippen LogP contribution in [0.2, 0.25) is 0 Å². The van der Waals surface area contributed by atoms with Crippen LogP contribution in [-0.2, 0) is 47.1 Å². The Bertz CT molecular complexity index is 956. The number of hydrogen-bond acceptors (Lipinski definition) is 11. The summed E-state index contributed by atoms with van der Waals surface area (Å²) in [7, 11) is 3.17. The van der Waals surface area contributed by atoms with Crippen molar-refractivity contribution in [3.63, 3.8) is 0 Å². The molecule has 3 atom stereocenters. The van der Waals surface area contributed by atoms with Gasteiger partial charge in [0, 0.05) is 37.1 Å². The number of carbonyl (C=O) groups is 5. The summed E-state index contributed by atoms with van der Waals surface area (Å²) in [5, 5.41) is 7.54. The molecule has 0 aromatic heterocycles. The summed E-state index contributed by atoms with van der Waals surface area (Å²) >= 11 is 1.02. The maximum atomic E-state index is 12.9. The van der Waals surface area contributed by atoms with E-state index in [-0.39, 0.29) is 50.0 Å². The quantitative estimate of drug-likeness (QED) is 0.0961. The normalized spacial score (nSPS) is 21.1. The molecule has 0 aromatic carbocycles. The fourth-order valence-corrected chi connectivity index (χ4v) is 5.81. The number of hydrogen-bond donors (Lipinski definition) is 3. The fraction of sp³-hybridized carbons (Fsp3) is 0.792. The minimum absolute atomic E-state index is 0.0000358. The summed E-state index contributed by atoms with van der Waals surface area (Å²) in [6, 6.07) is -0.989. The second-order valence-corrected chi connectivity index (χ2v) is 13.8. The molecule has 14 nitrogen and oxygen atoms in total. The lowest BCUT2D eigenvalue weighted by Crippen LogP contribution is -2.51. The zero-order chi connectivity index (χ0) is 30.6. The number of rotatable bonds is 16. The van der Waals surface area contributed by atoms with Gasteiger partial charge in [0.25, 0.3) is 0 Å². The van der Waals surface area contributed by atoms with Crippen molar-refractivity contribution in [1.82, 2.24) is 15.7 Å². The molecule has 16 heteroatoms. The molecule has 2 amide bonds. The van der Waals surface area contributed by atoms with Crippen LogP contribution in [-0.4, -0.2) is 112 Å². The van der Waals surface area contributed by atoms with E-state index in [0.717, 1.165) is 11.8 Å². The number of amides is 2. The van der Waals surface area contributed by atoms with Crippen LogP contribution >= 0.6 is 19.5 Å². The average molecular weight is 612 g/mol. The molecule has 0 aromatic rings. The number of nitrogens with zero attached hydrogens (tertiary/aromatic N) is 1. The molecule has 0 saturated carbocycles. The van der Waals surface area contributed by atoms with E-state index < -0.39 is 43.2 Å². The number of nitrogens with one attached hydrogen (secondary N) is 3. The molecule has 0 spiro atoms. The number of likely N-dealkylation sites (N-methyl/N-ethyl adjacent to an activating group) is 1. The zero-order valence-corrected chi connectivity index (χ0v) is 26.1. The molecular weight excluding hydrogens is 567 g/mol. The summed E-state index contributed by atoms with van der Waals surface area (Å²) in [4.78, 5) is 60.2. The average Bonchev–Trinajstić information content (AvgIpc) is 2.85. The van der Waals surface area contributed by atoms with Gasteiger partial charge in [0.15, 0.2) is 11.2 Å². The standard InChI is InChI=1S/C24H43N4O10PS/c1-17(23(33)35-7)27-39(34)37-16-24(2,3)21(38-39)22(32)26-11-10-18(29)25-12-15-40-20(31)9-8-19(30)36-14-13-28(4,5)6/h17,21H,8-16H2,1-7H3,(H2-,25,26,27,29,32,34)/p+1/t17-,21-,39?/m0/s1. The van der Waals surface area contributed by atoms with Gasteiger partial charge in [-0.2, -0.15) is 0 Å². The Balaban J connectivity index is 2.32. The SMILES string of the molecule is COC(=O)[C@H](C)NP1(=O)OCC(C)(C)[C@H](C(=O)NCCC(=O)NCCSC(=O)CCC(=O)OCC[N+](C)(C)C)O1. The maximum absolute atomic E-state index is 12.9. The Morgan fingerprint density at radius 3 is 2.38 bits per heavy atom. The predicted octanol–water partition coefficient (Wildman–Crippen LogP) is 0.599. The molecule has 230 valence electrons. The molecule has 40 heavy (non-hydrogen) atoms. The van der Waals surface area contributed by atoms with Crippen LogP contribution < -0.4 is 15.7 Å². The molecule has 1 saturated heterocycles. The number of quaternary nitrogens is 1. The Labute approximate surface area is 240 Å². The van der Waals surface area contributed by atoms with Crippen molar-refractivity contribution in [2.75, 3.05) is 66.9 Å². The molecule has 0 radical (unpaired) electrons. The van der Waals surface area contributed by atoms with Crippen molar-refractivity contribution < 1.29 is 51.5 Å². The second kappa shape index (κ2) is 16.4. The van der Waals surface area contributed by atoms with Crippen LogP contribution in [0.15, 0.2) is 0 Å². The minimum atomic E-state index is -3.97. The van der Waals surface area contributed by atoms with E-state index in [9.17, 15) is 28.5 Å². The summed E-state index contributed by atoms with van der Waals surface area (Å²) in [5.41, 5.74) is -0.831. The molecule has 1 fully saturated rings. The first-order chi connectivity index (χ1) is 18.5. The van der Waals surface area contributed by atoms with Gasteiger partial charge in [0.05, 0.1) is 41.3 Å². The molecule has 1 aliphatic rings. The van der Waals surface area contributed by atoms with Crippen LogP contribution in [0.5, 0.6) is 0 Å². The van der Waals surface area contributed by atoms with E-state index in [1.54, 1.807) is 13.8 Å². The number of ether oxygens (including phenoxy) is 2. The van der Waals surface area contributed by atoms with Gasteiger partial charge < -0.3 is 24.6 Å². The van der Waals surface area contributed by atoms with Crippen molar-refractivity contribution in [3.8, 4) is 0 Å². The van der Waals surface area contributed by atoms with Crippen LogP contribution in [0.1, 0.15) is 40.0 Å². The third-order valence-electron chi connectivity index (χ3n) is 5.60. The highest BCUT2D eigenvalue weighted by molar-refractivity contribution is 8.13. The Morgan fingerprint density at radius 1 is 1.07 bits per heavy atom. The van der Waals surface area contributed by atoms with Gasteiger partial charge in [-0.1, -0.05) is 25.6 Å². The number of esters is 2. The maximum Gasteiger partial charge on any atom is 0.407 e. The van der Waals surface area contributed by atoms with Crippen LogP contribution in [0, 0.1) is 5.41 Å². The Morgan fingerprint density at radius 2 is 1.75 bits per heavy atom. The first kappa shape index (κ1) is 36.0. The van der Waals surface area contributed by atoms with Gasteiger partial charge in [-0.3, -0.25) is 33.0 Å². The molecule has 1 aliphatic heterocycles. The molecule has 1 unspecified atom stereocenters. The molecule has 0 bridgehead atoms. The van der Waals surface area contributed by atoms with E-state index in [1.165, 1.54) is 14.0 Å². The third-order valence-corrected chi connectivity index (χ3v) is 8.20. The smallest absolute Gasteiger partial charge is 0.407 e. The largest absolute Gasteiger partial charge is 0.468 e. The van der Waals surface area contributed by atoms with Gasteiger partial charge in [-0.05, 0) is 6.92 Å². The number of thioether (sulfide) groups is 1. The van der Waals surface area contributed by atoms with Gasteiger partial charge >= 0.3 is 19.7 Å². The lowest BCUT2D eigenvalue weighted by molar-refractivity contribution is -0.870. The fourth-order valence-electron chi connectivity index (χ4n) is 3.19. The van der Waals surface area contributed by atoms with E-state index >= 15 is 0 Å². The van der Waals surface area contributed by atoms with Gasteiger partial charge in [0.2, 0.25) is 11.8 Å². The zero-order valence-electron chi connectivity index (χ0n) is 24.4. The lowest BCUT2D eigenvalue weighted by Gasteiger charge is -2.40. The van der Waals surface area contributed by atoms with Crippen LogP contribution in [0.3, 0.4) is 0 Å². The Kier molecular flexibility index (Phi) is 14.8. The van der Waals surface area contributed by atoms with E-state index in [4.69, 9.17) is 13.8 Å². The van der Waals surface area contributed by atoms with Crippen LogP contribution in [0.25, 0.3) is 0 Å². The van der Waals surface area contributed by atoms with Crippen molar-refractivity contribution in [2.24, 2.45) is 5.41 Å². The van der Waals surface area contributed by atoms with Gasteiger partial charge in [0.1, 0.15) is 19.2 Å². The van der Waals surface area contributed by atoms with Crippen molar-refractivity contribution in [1.29, 1.82) is 0 Å². The molecule has 0 aliphatic carbocycles. The first-order valence-corrected chi connectivity index (χ1v) is 15.5. The molecule has 1 heterocycles. The highest BCUT2D eigenvalue weighted by Crippen LogP contribution is 2.53. The molecular formula is C24H44N4O10PS+. The summed E-state index contributed by atoms with van der Waals surface area (Å²) in [5.74, 6) is -1.66. The van der Waals surface area contributed by atoms with Crippen molar-refractivity contribution in [3.05, 3.63) is 0 Å². The lowest BCUT2D eigenvalue weighted by atomic mass is 9.87. The topological polar surface area (TPSA) is 175 Å². The summed E-state index contributed by atoms with van der Waals surface area (Å²) in [6.07, 6.45) is -1.12. The van der Waals surface area contributed by atoms with Crippen molar-refractivity contribution >= 4 is 48.4 Å². The van der Waals surface area contributed by atoms with Crippen molar-refractivity contribution in [2.45, 2.75) is 52.2 Å². The monoisotopic (exact) mass is 611 g/mol. The number of carbonyl (C=O) groups excluding carboxylic acids is 5. The Hall–Kier alpha value is -2.03. The molecule has 3 N–H and O–H groups in total. The van der Waals surface area contributed by atoms with Crippen LogP contribution in [0.4, 0.5) is 0 Å². The van der Waals surface area contributed by atoms with E-state index in [0.29, 0.717) is 23.4 Å². The highest BCUT2D eigenvalue weighted by Gasteiger charge is 2.48. The van der Waals surface area contributed by atoms with Gasteiger partial charge in [-0.15, -0.1) is 0 Å².